The first-order valence-electron chi connectivity index (χ1n) is 6.53. The largest absolute Gasteiger partial charge is 0.488 e. The molecule has 0 saturated heterocycles. The van der Waals surface area contributed by atoms with Gasteiger partial charge in [-0.2, -0.15) is 0 Å². The highest BCUT2D eigenvalue weighted by atomic mass is 19.1. The maximum absolute atomic E-state index is 13.7. The van der Waals surface area contributed by atoms with Crippen molar-refractivity contribution in [2.75, 3.05) is 20.3 Å². The summed E-state index contributed by atoms with van der Waals surface area (Å²) in [5.74, 6) is -1.60. The molecule has 19 heavy (non-hydrogen) atoms. The lowest BCUT2D eigenvalue weighted by Gasteiger charge is -2.10. The van der Waals surface area contributed by atoms with Crippen LogP contribution in [-0.2, 0) is 11.3 Å². The quantitative estimate of drug-likeness (QED) is 0.737. The molecule has 1 aliphatic carbocycles. The number of hydrogen-bond donors (Lipinski definition) is 1. The minimum Gasteiger partial charge on any atom is -0.488 e. The lowest BCUT2D eigenvalue weighted by molar-refractivity contribution is 0.168. The minimum absolute atomic E-state index is 0.237. The lowest BCUT2D eigenvalue weighted by atomic mass is 10.2. The molecule has 0 heterocycles. The molecule has 0 amide bonds. The summed E-state index contributed by atoms with van der Waals surface area (Å²) < 4.78 is 37.4. The molecule has 5 heteroatoms. The summed E-state index contributed by atoms with van der Waals surface area (Å²) in [6.45, 7) is 1.23. The van der Waals surface area contributed by atoms with Crippen LogP contribution in [0.5, 0.6) is 5.75 Å². The second-order valence-electron chi connectivity index (χ2n) is 4.74. The van der Waals surface area contributed by atoms with Crippen molar-refractivity contribution in [1.29, 1.82) is 0 Å². The predicted octanol–water partition coefficient (Wildman–Crippen LogP) is 2.63. The summed E-state index contributed by atoms with van der Waals surface area (Å²) in [4.78, 5) is 0. The molecule has 1 aromatic carbocycles. The molecule has 3 nitrogen and oxygen atoms in total. The van der Waals surface area contributed by atoms with E-state index in [9.17, 15) is 8.78 Å². The fourth-order valence-corrected chi connectivity index (χ4v) is 1.78. The Morgan fingerprint density at radius 1 is 1.21 bits per heavy atom. The zero-order chi connectivity index (χ0) is 13.7. The topological polar surface area (TPSA) is 30.5 Å². The van der Waals surface area contributed by atoms with Gasteiger partial charge in [0, 0.05) is 32.7 Å². The van der Waals surface area contributed by atoms with Gasteiger partial charge in [-0.15, -0.1) is 0 Å². The van der Waals surface area contributed by atoms with Gasteiger partial charge in [0.25, 0.3) is 0 Å². The first-order chi connectivity index (χ1) is 9.20. The van der Waals surface area contributed by atoms with Crippen molar-refractivity contribution in [1.82, 2.24) is 5.32 Å². The third-order valence-electron chi connectivity index (χ3n) is 2.97. The Kier molecular flexibility index (Phi) is 5.10. The van der Waals surface area contributed by atoms with Crippen LogP contribution in [0, 0.1) is 11.6 Å². The first kappa shape index (κ1) is 14.2. The zero-order valence-electron chi connectivity index (χ0n) is 11.0. The Balaban J connectivity index is 1.91. The number of benzene rings is 1. The monoisotopic (exact) mass is 271 g/mol. The van der Waals surface area contributed by atoms with Crippen LogP contribution in [0.15, 0.2) is 12.1 Å². The van der Waals surface area contributed by atoms with E-state index < -0.39 is 11.6 Å². The molecule has 1 fully saturated rings. The van der Waals surface area contributed by atoms with E-state index in [0.29, 0.717) is 31.2 Å². The Morgan fingerprint density at radius 2 is 1.89 bits per heavy atom. The number of halogens is 2. The van der Waals surface area contributed by atoms with Crippen molar-refractivity contribution in [2.45, 2.75) is 31.8 Å². The molecule has 0 aliphatic heterocycles. The third-order valence-corrected chi connectivity index (χ3v) is 2.97. The van der Waals surface area contributed by atoms with Crippen LogP contribution >= 0.6 is 0 Å². The molecule has 0 spiro atoms. The molecule has 0 bridgehead atoms. The Bertz CT molecular complexity index is 399. The molecular weight excluding hydrogens is 252 g/mol. The van der Waals surface area contributed by atoms with E-state index in [2.05, 4.69) is 5.32 Å². The summed E-state index contributed by atoms with van der Waals surface area (Å²) in [5.41, 5.74) is 0.603. The fraction of sp³-hybridized carbons (Fsp3) is 0.571. The second kappa shape index (κ2) is 6.82. The van der Waals surface area contributed by atoms with E-state index in [1.807, 2.05) is 0 Å². The van der Waals surface area contributed by atoms with E-state index in [0.717, 1.165) is 12.8 Å². The maximum atomic E-state index is 13.7. The molecule has 106 valence electrons. The smallest absolute Gasteiger partial charge is 0.190 e. The van der Waals surface area contributed by atoms with E-state index in [1.54, 1.807) is 7.11 Å². The van der Waals surface area contributed by atoms with Crippen LogP contribution in [0.2, 0.25) is 0 Å². The summed E-state index contributed by atoms with van der Waals surface area (Å²) >= 11 is 0. The van der Waals surface area contributed by atoms with Crippen LogP contribution in [0.1, 0.15) is 24.8 Å². The molecule has 0 radical (unpaired) electrons. The number of ether oxygens (including phenoxy) is 2. The average Bonchev–Trinajstić information content (AvgIpc) is 3.18. The first-order valence-corrected chi connectivity index (χ1v) is 6.53. The number of hydrogen-bond acceptors (Lipinski definition) is 3. The Morgan fingerprint density at radius 3 is 2.47 bits per heavy atom. The Hall–Kier alpha value is -1.20. The van der Waals surface area contributed by atoms with Gasteiger partial charge in [0.2, 0.25) is 0 Å². The van der Waals surface area contributed by atoms with Crippen molar-refractivity contribution < 1.29 is 18.3 Å². The van der Waals surface area contributed by atoms with Gasteiger partial charge in [0.1, 0.15) is 0 Å². The normalized spacial score (nSPS) is 14.7. The number of rotatable bonds is 8. The molecular formula is C14H19F2NO2. The van der Waals surface area contributed by atoms with Crippen LogP contribution in [-0.4, -0.2) is 26.4 Å². The summed E-state index contributed by atoms with van der Waals surface area (Å²) in [6, 6.07) is 3.16. The minimum atomic E-state index is -0.648. The van der Waals surface area contributed by atoms with Crippen LogP contribution in [0.25, 0.3) is 0 Å². The SMILES string of the molecule is COCCCOc1c(F)cc(CNC2CC2)cc1F. The van der Waals surface area contributed by atoms with Gasteiger partial charge in [-0.25, -0.2) is 8.78 Å². The molecule has 1 N–H and O–H groups in total. The molecule has 1 saturated carbocycles. The molecule has 0 unspecified atom stereocenters. The highest BCUT2D eigenvalue weighted by Crippen LogP contribution is 2.24. The van der Waals surface area contributed by atoms with Crippen molar-refractivity contribution in [3.05, 3.63) is 29.3 Å². The van der Waals surface area contributed by atoms with Gasteiger partial charge in [0.15, 0.2) is 17.4 Å². The number of nitrogens with one attached hydrogen (secondary N) is 1. The second-order valence-corrected chi connectivity index (χ2v) is 4.74. The highest BCUT2D eigenvalue weighted by molar-refractivity contribution is 5.31. The van der Waals surface area contributed by atoms with Gasteiger partial charge >= 0.3 is 0 Å². The zero-order valence-corrected chi connectivity index (χ0v) is 11.0. The van der Waals surface area contributed by atoms with Crippen molar-refractivity contribution >= 4 is 0 Å². The molecule has 1 aliphatic rings. The fourth-order valence-electron chi connectivity index (χ4n) is 1.78. The molecule has 0 aromatic heterocycles. The third kappa shape index (κ3) is 4.44. The summed E-state index contributed by atoms with van der Waals surface area (Å²) in [6.07, 6.45) is 2.89. The summed E-state index contributed by atoms with van der Waals surface area (Å²) in [5, 5.41) is 3.22. The molecule has 0 atom stereocenters. The number of methoxy groups -OCH3 is 1. The van der Waals surface area contributed by atoms with Crippen LogP contribution in [0.4, 0.5) is 8.78 Å². The summed E-state index contributed by atoms with van der Waals surface area (Å²) in [7, 11) is 1.57. The van der Waals surface area contributed by atoms with Gasteiger partial charge < -0.3 is 14.8 Å². The molecule has 2 rings (SSSR count). The van der Waals surface area contributed by atoms with Crippen molar-refractivity contribution in [3.63, 3.8) is 0 Å². The molecule has 1 aromatic rings. The van der Waals surface area contributed by atoms with Crippen molar-refractivity contribution in [3.8, 4) is 5.75 Å². The van der Waals surface area contributed by atoms with Gasteiger partial charge in [-0.3, -0.25) is 0 Å². The highest BCUT2D eigenvalue weighted by Gasteiger charge is 2.20. The van der Waals surface area contributed by atoms with Crippen molar-refractivity contribution in [2.24, 2.45) is 0 Å². The van der Waals surface area contributed by atoms with E-state index in [1.165, 1.54) is 12.1 Å². The van der Waals surface area contributed by atoms with Gasteiger partial charge in [0.05, 0.1) is 6.61 Å². The van der Waals surface area contributed by atoms with E-state index >= 15 is 0 Å². The predicted molar refractivity (Wildman–Crippen MR) is 68.2 cm³/mol. The van der Waals surface area contributed by atoms with E-state index in [4.69, 9.17) is 9.47 Å². The van der Waals surface area contributed by atoms with Crippen LogP contribution in [0.3, 0.4) is 0 Å². The Labute approximate surface area is 111 Å². The van der Waals surface area contributed by atoms with Gasteiger partial charge in [-0.1, -0.05) is 0 Å². The van der Waals surface area contributed by atoms with Gasteiger partial charge in [-0.05, 0) is 30.5 Å². The van der Waals surface area contributed by atoms with Crippen LogP contribution < -0.4 is 10.1 Å². The van der Waals surface area contributed by atoms with E-state index in [-0.39, 0.29) is 12.4 Å². The lowest BCUT2D eigenvalue weighted by Crippen LogP contribution is -2.15. The average molecular weight is 271 g/mol. The standard InChI is InChI=1S/C14H19F2NO2/c1-18-5-2-6-19-14-12(15)7-10(8-13(14)16)9-17-11-3-4-11/h7-8,11,17H,2-6,9H2,1H3. The maximum Gasteiger partial charge on any atom is 0.190 e.